The molecular weight excluding hydrogens is 318 g/mol. The third kappa shape index (κ3) is 4.39. The fraction of sp³-hybridized carbons (Fsp3) is 0.474. The fourth-order valence-corrected chi connectivity index (χ4v) is 2.82. The molecule has 0 bridgehead atoms. The summed E-state index contributed by atoms with van der Waals surface area (Å²) < 4.78 is 11.2. The molecule has 1 saturated heterocycles. The third-order valence-electron chi connectivity index (χ3n) is 4.26. The first kappa shape index (κ1) is 17.5. The molecule has 0 saturated carbocycles. The maximum atomic E-state index is 12.2. The second kappa shape index (κ2) is 7.27. The highest BCUT2D eigenvalue weighted by molar-refractivity contribution is 5.74. The van der Waals surface area contributed by atoms with Gasteiger partial charge in [0.05, 0.1) is 18.3 Å². The molecule has 0 spiro atoms. The minimum Gasteiger partial charge on any atom is -0.447 e. The van der Waals surface area contributed by atoms with Crippen LogP contribution in [0.25, 0.3) is 0 Å². The molecule has 1 fully saturated rings. The minimum atomic E-state index is -0.244. The van der Waals surface area contributed by atoms with Crippen LogP contribution in [0.1, 0.15) is 50.4 Å². The number of benzene rings is 1. The van der Waals surface area contributed by atoms with Gasteiger partial charge >= 0.3 is 6.03 Å². The summed E-state index contributed by atoms with van der Waals surface area (Å²) in [4.78, 5) is 16.6. The van der Waals surface area contributed by atoms with E-state index in [0.717, 1.165) is 17.7 Å². The second-order valence-corrected chi connectivity index (χ2v) is 7.30. The number of carbonyl (C=O) groups is 1. The van der Waals surface area contributed by atoms with Gasteiger partial charge in [0.1, 0.15) is 12.4 Å². The molecular formula is C19H25N3O3. The summed E-state index contributed by atoms with van der Waals surface area (Å²) in [6.07, 6.45) is 2.33. The van der Waals surface area contributed by atoms with Gasteiger partial charge in [-0.1, -0.05) is 51.1 Å². The number of aromatic nitrogens is 1. The topological polar surface area (TPSA) is 76.4 Å². The molecule has 1 aromatic heterocycles. The molecule has 0 aliphatic carbocycles. The van der Waals surface area contributed by atoms with Crippen molar-refractivity contribution in [2.45, 2.75) is 51.3 Å². The van der Waals surface area contributed by atoms with E-state index in [9.17, 15) is 4.79 Å². The molecule has 3 rings (SSSR count). The maximum Gasteiger partial charge on any atom is 0.315 e. The van der Waals surface area contributed by atoms with Gasteiger partial charge < -0.3 is 19.8 Å². The highest BCUT2D eigenvalue weighted by Crippen LogP contribution is 2.28. The average Bonchev–Trinajstić information content (AvgIpc) is 3.22. The van der Waals surface area contributed by atoms with Crippen molar-refractivity contribution in [1.82, 2.24) is 15.6 Å². The van der Waals surface area contributed by atoms with Gasteiger partial charge in [0, 0.05) is 12.0 Å². The van der Waals surface area contributed by atoms with Gasteiger partial charge in [-0.25, -0.2) is 9.78 Å². The van der Waals surface area contributed by atoms with Gasteiger partial charge in [-0.2, -0.15) is 0 Å². The Morgan fingerprint density at radius 3 is 2.72 bits per heavy atom. The van der Waals surface area contributed by atoms with E-state index in [0.29, 0.717) is 12.5 Å². The smallest absolute Gasteiger partial charge is 0.315 e. The third-order valence-corrected chi connectivity index (χ3v) is 4.26. The molecule has 2 N–H and O–H groups in total. The number of hydrogen-bond donors (Lipinski definition) is 2. The molecule has 1 aliphatic heterocycles. The van der Waals surface area contributed by atoms with Gasteiger partial charge in [0.2, 0.25) is 5.89 Å². The Hall–Kier alpha value is -2.34. The zero-order valence-corrected chi connectivity index (χ0v) is 14.9. The molecule has 2 aromatic rings. The summed E-state index contributed by atoms with van der Waals surface area (Å²) in [5.74, 6) is 0.502. The van der Waals surface area contributed by atoms with E-state index < -0.39 is 0 Å². The second-order valence-electron chi connectivity index (χ2n) is 7.30. The van der Waals surface area contributed by atoms with Crippen molar-refractivity contribution in [3.05, 3.63) is 53.7 Å². The Morgan fingerprint density at radius 1 is 1.28 bits per heavy atom. The van der Waals surface area contributed by atoms with E-state index in [4.69, 9.17) is 9.15 Å². The van der Waals surface area contributed by atoms with E-state index in [1.165, 1.54) is 0 Å². The first-order chi connectivity index (χ1) is 11.9. The predicted octanol–water partition coefficient (Wildman–Crippen LogP) is 3.30. The molecule has 25 heavy (non-hydrogen) atoms. The van der Waals surface area contributed by atoms with Gasteiger partial charge in [-0.05, 0) is 12.0 Å². The van der Waals surface area contributed by atoms with Crippen molar-refractivity contribution >= 4 is 6.03 Å². The van der Waals surface area contributed by atoms with Gasteiger partial charge in [0.15, 0.2) is 0 Å². The van der Waals surface area contributed by atoms with Crippen LogP contribution in [0.2, 0.25) is 0 Å². The minimum absolute atomic E-state index is 0.0444. The van der Waals surface area contributed by atoms with Crippen LogP contribution in [-0.2, 0) is 16.7 Å². The highest BCUT2D eigenvalue weighted by atomic mass is 16.5. The van der Waals surface area contributed by atoms with Crippen LogP contribution < -0.4 is 10.6 Å². The Bertz CT molecular complexity index is 706. The first-order valence-corrected chi connectivity index (χ1v) is 8.59. The molecule has 6 nitrogen and oxygen atoms in total. The number of rotatable bonds is 4. The van der Waals surface area contributed by atoms with E-state index in [1.54, 1.807) is 6.26 Å². The molecule has 2 amide bonds. The van der Waals surface area contributed by atoms with E-state index in [1.807, 2.05) is 30.3 Å². The molecule has 2 atom stereocenters. The summed E-state index contributed by atoms with van der Waals surface area (Å²) >= 11 is 0. The monoisotopic (exact) mass is 343 g/mol. The molecule has 0 unspecified atom stereocenters. The SMILES string of the molecule is CC(C)(C)c1coc(CNC(=O)N[C@@H]2CCO[C@H]2c2ccccc2)n1. The number of nitrogens with one attached hydrogen (secondary N) is 2. The van der Waals surface area contributed by atoms with Gasteiger partial charge in [0.25, 0.3) is 0 Å². The fourth-order valence-electron chi connectivity index (χ4n) is 2.82. The molecule has 1 aliphatic rings. The quantitative estimate of drug-likeness (QED) is 0.893. The number of ether oxygens (including phenoxy) is 1. The van der Waals surface area contributed by atoms with Gasteiger partial charge in [-0.3, -0.25) is 0 Å². The number of hydrogen-bond acceptors (Lipinski definition) is 4. The molecule has 0 radical (unpaired) electrons. The van der Waals surface area contributed by atoms with Crippen LogP contribution >= 0.6 is 0 Å². The van der Waals surface area contributed by atoms with Crippen molar-refractivity contribution < 1.29 is 13.9 Å². The van der Waals surface area contributed by atoms with Gasteiger partial charge in [-0.15, -0.1) is 0 Å². The predicted molar refractivity (Wildman–Crippen MR) is 94.1 cm³/mol. The molecule has 2 heterocycles. The average molecular weight is 343 g/mol. The summed E-state index contributed by atoms with van der Waals surface area (Å²) in [5.41, 5.74) is 1.87. The summed E-state index contributed by atoms with van der Waals surface area (Å²) in [5, 5.41) is 5.79. The van der Waals surface area contributed by atoms with Crippen LogP contribution in [0.15, 0.2) is 41.0 Å². The van der Waals surface area contributed by atoms with Crippen LogP contribution in [0.4, 0.5) is 4.79 Å². The van der Waals surface area contributed by atoms with Crippen molar-refractivity contribution in [2.24, 2.45) is 0 Å². The van der Waals surface area contributed by atoms with E-state index >= 15 is 0 Å². The van der Waals surface area contributed by atoms with Crippen molar-refractivity contribution in [2.75, 3.05) is 6.61 Å². The van der Waals surface area contributed by atoms with Crippen LogP contribution in [0.5, 0.6) is 0 Å². The zero-order valence-electron chi connectivity index (χ0n) is 14.9. The summed E-state index contributed by atoms with van der Waals surface area (Å²) in [6, 6.07) is 9.67. The molecule has 6 heteroatoms. The maximum absolute atomic E-state index is 12.2. The standard InChI is InChI=1S/C19H25N3O3/c1-19(2,3)15-12-25-16(22-15)11-20-18(23)21-14-9-10-24-17(14)13-7-5-4-6-8-13/h4-8,12,14,17H,9-11H2,1-3H3,(H2,20,21,23)/t14-,17+/m1/s1. The normalized spacial score (nSPS) is 20.4. The number of amides is 2. The lowest BCUT2D eigenvalue weighted by atomic mass is 9.93. The van der Waals surface area contributed by atoms with Crippen molar-refractivity contribution in [3.63, 3.8) is 0 Å². The Kier molecular flexibility index (Phi) is 5.08. The number of carbonyl (C=O) groups excluding carboxylic acids is 1. The van der Waals surface area contributed by atoms with Crippen molar-refractivity contribution in [3.8, 4) is 0 Å². The Morgan fingerprint density at radius 2 is 2.04 bits per heavy atom. The summed E-state index contributed by atoms with van der Waals surface area (Å²) in [7, 11) is 0. The molecule has 134 valence electrons. The van der Waals surface area contributed by atoms with E-state index in [-0.39, 0.29) is 30.1 Å². The first-order valence-electron chi connectivity index (χ1n) is 8.59. The van der Waals surface area contributed by atoms with Crippen LogP contribution in [-0.4, -0.2) is 23.7 Å². The molecule has 1 aromatic carbocycles. The van der Waals surface area contributed by atoms with Crippen molar-refractivity contribution in [1.29, 1.82) is 0 Å². The Balaban J connectivity index is 1.53. The zero-order chi connectivity index (χ0) is 17.9. The summed E-state index contributed by atoms with van der Waals surface area (Å²) in [6.45, 7) is 7.10. The van der Waals surface area contributed by atoms with Crippen LogP contribution in [0.3, 0.4) is 0 Å². The lowest BCUT2D eigenvalue weighted by Crippen LogP contribution is -2.43. The largest absolute Gasteiger partial charge is 0.447 e. The Labute approximate surface area is 148 Å². The number of nitrogens with zero attached hydrogens (tertiary/aromatic N) is 1. The van der Waals surface area contributed by atoms with Crippen LogP contribution in [0, 0.1) is 0 Å². The lowest BCUT2D eigenvalue weighted by molar-refractivity contribution is 0.0999. The number of oxazole rings is 1. The highest BCUT2D eigenvalue weighted by Gasteiger charge is 2.30. The number of urea groups is 1. The lowest BCUT2D eigenvalue weighted by Gasteiger charge is -2.20. The van der Waals surface area contributed by atoms with E-state index in [2.05, 4.69) is 36.4 Å².